The summed E-state index contributed by atoms with van der Waals surface area (Å²) >= 11 is 0. The van der Waals surface area contributed by atoms with Crippen LogP contribution >= 0.6 is 0 Å². The summed E-state index contributed by atoms with van der Waals surface area (Å²) in [5.74, 6) is -0.133. The highest BCUT2D eigenvalue weighted by Crippen LogP contribution is 2.27. The highest BCUT2D eigenvalue weighted by molar-refractivity contribution is 6.06. The lowest BCUT2D eigenvalue weighted by Gasteiger charge is -2.09. The second-order valence-electron chi connectivity index (χ2n) is 5.46. The van der Waals surface area contributed by atoms with Crippen LogP contribution in [0.4, 0.5) is 5.69 Å². The number of carbonyl (C=O) groups is 1. The Morgan fingerprint density at radius 3 is 2.46 bits per heavy atom. The molecule has 0 unspecified atom stereocenters. The first-order chi connectivity index (χ1) is 11.8. The number of carbonyl (C=O) groups excluding carboxylic acids is 1. The quantitative estimate of drug-likeness (QED) is 0.614. The van der Waals surface area contributed by atoms with Crippen molar-refractivity contribution in [3.8, 4) is 11.3 Å². The topological polar surface area (TPSA) is 46.4 Å². The zero-order chi connectivity index (χ0) is 16.4. The minimum absolute atomic E-state index is 0.133. The Morgan fingerprint density at radius 1 is 0.875 bits per heavy atom. The van der Waals surface area contributed by atoms with Gasteiger partial charge in [0, 0.05) is 23.5 Å². The Kier molecular flexibility index (Phi) is 3.56. The second kappa shape index (κ2) is 6.01. The van der Waals surface area contributed by atoms with Crippen molar-refractivity contribution >= 4 is 17.2 Å². The molecule has 116 valence electrons. The van der Waals surface area contributed by atoms with Crippen LogP contribution in [-0.4, -0.2) is 15.3 Å². The third kappa shape index (κ3) is 2.65. The van der Waals surface area contributed by atoms with Gasteiger partial charge in [-0.3, -0.25) is 4.79 Å². The van der Waals surface area contributed by atoms with Gasteiger partial charge in [-0.05, 0) is 30.3 Å². The van der Waals surface area contributed by atoms with E-state index in [2.05, 4.69) is 10.3 Å². The number of nitrogens with one attached hydrogen (secondary N) is 1. The molecule has 4 aromatic rings. The fourth-order valence-electron chi connectivity index (χ4n) is 2.66. The maximum atomic E-state index is 12.4. The smallest absolute Gasteiger partial charge is 0.255 e. The van der Waals surface area contributed by atoms with Crippen LogP contribution in [-0.2, 0) is 0 Å². The summed E-state index contributed by atoms with van der Waals surface area (Å²) in [4.78, 5) is 17.1. The van der Waals surface area contributed by atoms with E-state index in [9.17, 15) is 4.79 Å². The first-order valence-electron chi connectivity index (χ1n) is 7.71. The number of benzene rings is 2. The van der Waals surface area contributed by atoms with Crippen molar-refractivity contribution < 1.29 is 4.79 Å². The van der Waals surface area contributed by atoms with Crippen LogP contribution in [0.2, 0.25) is 0 Å². The van der Waals surface area contributed by atoms with Gasteiger partial charge in [-0.15, -0.1) is 0 Å². The van der Waals surface area contributed by atoms with Gasteiger partial charge in [0.1, 0.15) is 5.65 Å². The van der Waals surface area contributed by atoms with Crippen molar-refractivity contribution in [3.63, 3.8) is 0 Å². The zero-order valence-corrected chi connectivity index (χ0v) is 12.9. The van der Waals surface area contributed by atoms with Crippen molar-refractivity contribution in [1.82, 2.24) is 9.38 Å². The van der Waals surface area contributed by atoms with Crippen LogP contribution in [0.1, 0.15) is 10.4 Å². The number of para-hydroxylation sites is 1. The minimum atomic E-state index is -0.133. The summed E-state index contributed by atoms with van der Waals surface area (Å²) in [5, 5.41) is 2.98. The second-order valence-corrected chi connectivity index (χ2v) is 5.46. The molecular formula is C20H15N3O. The molecule has 2 aromatic heterocycles. The Labute approximate surface area is 139 Å². The summed E-state index contributed by atoms with van der Waals surface area (Å²) in [6, 6.07) is 22.7. The lowest BCUT2D eigenvalue weighted by Crippen LogP contribution is -2.12. The van der Waals surface area contributed by atoms with E-state index < -0.39 is 0 Å². The normalized spacial score (nSPS) is 10.7. The van der Waals surface area contributed by atoms with Gasteiger partial charge in [-0.2, -0.15) is 0 Å². The Balaban J connectivity index is 1.71. The minimum Gasteiger partial charge on any atom is -0.321 e. The third-order valence-electron chi connectivity index (χ3n) is 3.85. The Hall–Kier alpha value is -3.40. The SMILES string of the molecule is O=C(Nc1ccccc1-c1cn2ccccc2n1)c1ccccc1. The van der Waals surface area contributed by atoms with E-state index >= 15 is 0 Å². The maximum Gasteiger partial charge on any atom is 0.255 e. The first-order valence-corrected chi connectivity index (χ1v) is 7.71. The largest absolute Gasteiger partial charge is 0.321 e. The average molecular weight is 313 g/mol. The third-order valence-corrected chi connectivity index (χ3v) is 3.85. The molecule has 0 fully saturated rings. The van der Waals surface area contributed by atoms with Gasteiger partial charge in [0.25, 0.3) is 5.91 Å². The van der Waals surface area contributed by atoms with Gasteiger partial charge in [0.15, 0.2) is 0 Å². The summed E-state index contributed by atoms with van der Waals surface area (Å²) in [7, 11) is 0. The van der Waals surface area contributed by atoms with E-state index in [-0.39, 0.29) is 5.91 Å². The predicted octanol–water partition coefficient (Wildman–Crippen LogP) is 4.25. The molecule has 0 bridgehead atoms. The molecule has 4 heteroatoms. The number of rotatable bonds is 3. The lowest BCUT2D eigenvalue weighted by atomic mass is 10.1. The number of anilines is 1. The summed E-state index contributed by atoms with van der Waals surface area (Å²) in [6.07, 6.45) is 3.92. The van der Waals surface area contributed by atoms with Crippen LogP contribution in [0, 0.1) is 0 Å². The molecule has 0 radical (unpaired) electrons. The number of hydrogen-bond donors (Lipinski definition) is 1. The summed E-state index contributed by atoms with van der Waals surface area (Å²) in [6.45, 7) is 0. The molecule has 4 nitrogen and oxygen atoms in total. The van der Waals surface area contributed by atoms with E-state index in [1.807, 2.05) is 77.5 Å². The molecule has 0 aliphatic heterocycles. The average Bonchev–Trinajstić information content (AvgIpc) is 3.07. The van der Waals surface area contributed by atoms with Gasteiger partial charge in [0.05, 0.1) is 11.4 Å². The molecule has 0 saturated carbocycles. The van der Waals surface area contributed by atoms with Crippen molar-refractivity contribution in [2.45, 2.75) is 0 Å². The van der Waals surface area contributed by atoms with E-state index in [1.165, 1.54) is 0 Å². The highest BCUT2D eigenvalue weighted by Gasteiger charge is 2.12. The summed E-state index contributed by atoms with van der Waals surface area (Å²) in [5.41, 5.74) is 3.96. The van der Waals surface area contributed by atoms with E-state index in [0.717, 1.165) is 22.6 Å². The van der Waals surface area contributed by atoms with Crippen LogP contribution < -0.4 is 5.32 Å². The molecule has 0 spiro atoms. The maximum absolute atomic E-state index is 12.4. The first kappa shape index (κ1) is 14.2. The molecule has 1 N–H and O–H groups in total. The number of aromatic nitrogens is 2. The molecule has 0 aliphatic rings. The molecular weight excluding hydrogens is 298 g/mol. The van der Waals surface area contributed by atoms with Crippen LogP contribution in [0.5, 0.6) is 0 Å². The summed E-state index contributed by atoms with van der Waals surface area (Å²) < 4.78 is 1.96. The number of nitrogens with zero attached hydrogens (tertiary/aromatic N) is 2. The molecule has 2 heterocycles. The van der Waals surface area contributed by atoms with Crippen molar-refractivity contribution in [2.75, 3.05) is 5.32 Å². The van der Waals surface area contributed by atoms with Crippen LogP contribution in [0.3, 0.4) is 0 Å². The van der Waals surface area contributed by atoms with E-state index in [4.69, 9.17) is 0 Å². The van der Waals surface area contributed by atoms with Crippen molar-refractivity contribution in [1.29, 1.82) is 0 Å². The van der Waals surface area contributed by atoms with Gasteiger partial charge in [-0.25, -0.2) is 4.98 Å². The van der Waals surface area contributed by atoms with Crippen molar-refractivity contribution in [3.05, 3.63) is 90.8 Å². The van der Waals surface area contributed by atoms with Gasteiger partial charge >= 0.3 is 0 Å². The Bertz CT molecular complexity index is 973. The number of fused-ring (bicyclic) bond motifs is 1. The standard InChI is InChI=1S/C20H15N3O/c24-20(15-8-2-1-3-9-15)22-17-11-5-4-10-16(17)18-14-23-13-7-6-12-19(23)21-18/h1-14H,(H,22,24). The number of imidazole rings is 1. The number of pyridine rings is 1. The predicted molar refractivity (Wildman–Crippen MR) is 95.0 cm³/mol. The molecule has 0 aliphatic carbocycles. The fourth-order valence-corrected chi connectivity index (χ4v) is 2.66. The number of amides is 1. The Morgan fingerprint density at radius 2 is 1.62 bits per heavy atom. The fraction of sp³-hybridized carbons (Fsp3) is 0. The van der Waals surface area contributed by atoms with E-state index in [1.54, 1.807) is 12.1 Å². The van der Waals surface area contributed by atoms with E-state index in [0.29, 0.717) is 5.56 Å². The van der Waals surface area contributed by atoms with Gasteiger partial charge in [0.2, 0.25) is 0 Å². The van der Waals surface area contributed by atoms with Crippen molar-refractivity contribution in [2.24, 2.45) is 0 Å². The molecule has 4 rings (SSSR count). The molecule has 0 saturated heterocycles. The number of hydrogen-bond acceptors (Lipinski definition) is 2. The molecule has 2 aromatic carbocycles. The van der Waals surface area contributed by atoms with Crippen LogP contribution in [0.15, 0.2) is 85.2 Å². The molecule has 0 atom stereocenters. The monoisotopic (exact) mass is 313 g/mol. The highest BCUT2D eigenvalue weighted by atomic mass is 16.1. The van der Waals surface area contributed by atoms with Gasteiger partial charge < -0.3 is 9.72 Å². The lowest BCUT2D eigenvalue weighted by molar-refractivity contribution is 0.102. The van der Waals surface area contributed by atoms with Gasteiger partial charge in [-0.1, -0.05) is 42.5 Å². The van der Waals surface area contributed by atoms with Crippen LogP contribution in [0.25, 0.3) is 16.9 Å². The molecule has 1 amide bonds. The molecule has 24 heavy (non-hydrogen) atoms. The zero-order valence-electron chi connectivity index (χ0n) is 12.9.